The third-order valence-corrected chi connectivity index (χ3v) is 2.82. The van der Waals surface area contributed by atoms with E-state index in [1.54, 1.807) is 0 Å². The van der Waals surface area contributed by atoms with Crippen molar-refractivity contribution in [2.45, 2.75) is 31.9 Å². The molecule has 1 rings (SSSR count). The first kappa shape index (κ1) is 13.4. The summed E-state index contributed by atoms with van der Waals surface area (Å²) in [5.74, 6) is 5.00. The molecule has 94 valence electrons. The van der Waals surface area contributed by atoms with Crippen LogP contribution in [0.1, 0.15) is 19.8 Å². The minimum Gasteiger partial charge on any atom is -0.394 e. The first-order valence-electron chi connectivity index (χ1n) is 5.69. The first-order valence-corrected chi connectivity index (χ1v) is 5.69. The van der Waals surface area contributed by atoms with E-state index in [1.807, 2.05) is 11.8 Å². The van der Waals surface area contributed by atoms with Crippen LogP contribution in [0.3, 0.4) is 0 Å². The number of hydrogen-bond donors (Lipinski definition) is 3. The molecule has 6 heteroatoms. The summed E-state index contributed by atoms with van der Waals surface area (Å²) in [5, 5.41) is 9.04. The fourth-order valence-electron chi connectivity index (χ4n) is 1.98. The quantitative estimate of drug-likeness (QED) is 0.315. The SMILES string of the molecule is CCCC(C(=O)NN)N1CCOC(CO)C1. The normalized spacial score (nSPS) is 24.1. The molecule has 2 atom stereocenters. The van der Waals surface area contributed by atoms with E-state index in [0.717, 1.165) is 12.8 Å². The Morgan fingerprint density at radius 3 is 3.06 bits per heavy atom. The smallest absolute Gasteiger partial charge is 0.251 e. The van der Waals surface area contributed by atoms with Gasteiger partial charge in [-0.2, -0.15) is 0 Å². The molecule has 0 radical (unpaired) electrons. The maximum Gasteiger partial charge on any atom is 0.251 e. The van der Waals surface area contributed by atoms with Crippen molar-refractivity contribution in [3.8, 4) is 0 Å². The molecule has 1 amide bonds. The summed E-state index contributed by atoms with van der Waals surface area (Å²) in [7, 11) is 0. The molecule has 16 heavy (non-hydrogen) atoms. The zero-order chi connectivity index (χ0) is 12.0. The van der Waals surface area contributed by atoms with Gasteiger partial charge in [0.05, 0.1) is 25.4 Å². The number of nitrogens with one attached hydrogen (secondary N) is 1. The molecule has 1 fully saturated rings. The van der Waals surface area contributed by atoms with Gasteiger partial charge < -0.3 is 9.84 Å². The lowest BCUT2D eigenvalue weighted by Gasteiger charge is -2.36. The number of nitrogens with zero attached hydrogens (tertiary/aromatic N) is 1. The van der Waals surface area contributed by atoms with Crippen LogP contribution in [0.4, 0.5) is 0 Å². The van der Waals surface area contributed by atoms with Crippen LogP contribution in [0.2, 0.25) is 0 Å². The van der Waals surface area contributed by atoms with Crippen molar-refractivity contribution in [1.82, 2.24) is 10.3 Å². The average molecular weight is 231 g/mol. The van der Waals surface area contributed by atoms with E-state index >= 15 is 0 Å². The number of carbonyl (C=O) groups excluding carboxylic acids is 1. The van der Waals surface area contributed by atoms with Crippen molar-refractivity contribution in [2.24, 2.45) is 5.84 Å². The fourth-order valence-corrected chi connectivity index (χ4v) is 1.98. The molecule has 2 unspecified atom stereocenters. The Morgan fingerprint density at radius 1 is 1.75 bits per heavy atom. The molecule has 6 nitrogen and oxygen atoms in total. The molecule has 0 aromatic rings. The van der Waals surface area contributed by atoms with Crippen LogP contribution in [0.25, 0.3) is 0 Å². The lowest BCUT2D eigenvalue weighted by Crippen LogP contribution is -2.55. The lowest BCUT2D eigenvalue weighted by molar-refractivity contribution is -0.131. The minimum absolute atomic E-state index is 0.0143. The van der Waals surface area contributed by atoms with Crippen LogP contribution >= 0.6 is 0 Å². The van der Waals surface area contributed by atoms with Crippen molar-refractivity contribution >= 4 is 5.91 Å². The summed E-state index contributed by atoms with van der Waals surface area (Å²) in [6.45, 7) is 3.84. The number of hydrogen-bond acceptors (Lipinski definition) is 5. The molecule has 0 bridgehead atoms. The van der Waals surface area contributed by atoms with E-state index in [1.165, 1.54) is 0 Å². The van der Waals surface area contributed by atoms with Crippen LogP contribution in [-0.4, -0.2) is 54.4 Å². The monoisotopic (exact) mass is 231 g/mol. The van der Waals surface area contributed by atoms with Crippen LogP contribution < -0.4 is 11.3 Å². The molecule has 1 heterocycles. The van der Waals surface area contributed by atoms with Gasteiger partial charge in [0.15, 0.2) is 0 Å². The number of rotatable bonds is 5. The maximum absolute atomic E-state index is 11.6. The highest BCUT2D eigenvalue weighted by Crippen LogP contribution is 2.13. The summed E-state index contributed by atoms with van der Waals surface area (Å²) < 4.78 is 5.34. The van der Waals surface area contributed by atoms with Crippen molar-refractivity contribution in [2.75, 3.05) is 26.3 Å². The van der Waals surface area contributed by atoms with Crippen LogP contribution in [0.5, 0.6) is 0 Å². The van der Waals surface area contributed by atoms with Gasteiger partial charge in [-0.15, -0.1) is 0 Å². The summed E-state index contributed by atoms with van der Waals surface area (Å²) in [6, 6.07) is -0.215. The number of aliphatic hydroxyl groups excluding tert-OH is 1. The Kier molecular flexibility index (Phi) is 5.68. The summed E-state index contributed by atoms with van der Waals surface area (Å²) in [6.07, 6.45) is 1.49. The molecular weight excluding hydrogens is 210 g/mol. The standard InChI is InChI=1S/C10H21N3O3/c1-2-3-9(10(15)12-11)13-4-5-16-8(6-13)7-14/h8-9,14H,2-7,11H2,1H3,(H,12,15). The van der Waals surface area contributed by atoms with Gasteiger partial charge in [0.2, 0.25) is 0 Å². The Balaban J connectivity index is 2.58. The average Bonchev–Trinajstić information content (AvgIpc) is 2.35. The zero-order valence-electron chi connectivity index (χ0n) is 9.69. The van der Waals surface area contributed by atoms with Crippen molar-refractivity contribution in [1.29, 1.82) is 0 Å². The molecule has 0 aliphatic carbocycles. The van der Waals surface area contributed by atoms with E-state index in [2.05, 4.69) is 5.43 Å². The van der Waals surface area contributed by atoms with Gasteiger partial charge in [-0.25, -0.2) is 5.84 Å². The van der Waals surface area contributed by atoms with E-state index in [4.69, 9.17) is 15.7 Å². The summed E-state index contributed by atoms with van der Waals surface area (Å²) in [4.78, 5) is 13.6. The third kappa shape index (κ3) is 3.41. The highest BCUT2D eigenvalue weighted by molar-refractivity contribution is 5.81. The van der Waals surface area contributed by atoms with Gasteiger partial charge in [0.1, 0.15) is 0 Å². The molecule has 1 saturated heterocycles. The Hall–Kier alpha value is -0.690. The van der Waals surface area contributed by atoms with Gasteiger partial charge in [0.25, 0.3) is 5.91 Å². The van der Waals surface area contributed by atoms with Gasteiger partial charge in [0, 0.05) is 13.1 Å². The van der Waals surface area contributed by atoms with Crippen LogP contribution in [0.15, 0.2) is 0 Å². The molecular formula is C10H21N3O3. The molecule has 0 saturated carbocycles. The summed E-state index contributed by atoms with van der Waals surface area (Å²) in [5.41, 5.74) is 2.20. The van der Waals surface area contributed by atoms with E-state index in [-0.39, 0.29) is 24.7 Å². The second kappa shape index (κ2) is 6.80. The fraction of sp³-hybridized carbons (Fsp3) is 0.900. The number of ether oxygens (including phenoxy) is 1. The van der Waals surface area contributed by atoms with Crippen molar-refractivity contribution < 1.29 is 14.6 Å². The second-order valence-electron chi connectivity index (χ2n) is 3.98. The van der Waals surface area contributed by atoms with E-state index in [0.29, 0.717) is 19.7 Å². The Morgan fingerprint density at radius 2 is 2.50 bits per heavy atom. The molecule has 0 spiro atoms. The van der Waals surface area contributed by atoms with E-state index < -0.39 is 0 Å². The number of aliphatic hydroxyl groups is 1. The Labute approximate surface area is 95.7 Å². The maximum atomic E-state index is 11.6. The predicted octanol–water partition coefficient (Wildman–Crippen LogP) is -1.16. The molecule has 0 aromatic heterocycles. The Bertz CT molecular complexity index is 225. The largest absolute Gasteiger partial charge is 0.394 e. The number of nitrogens with two attached hydrogens (primary N) is 1. The molecule has 1 aliphatic heterocycles. The van der Waals surface area contributed by atoms with Crippen LogP contribution in [-0.2, 0) is 9.53 Å². The first-order chi connectivity index (χ1) is 7.72. The lowest BCUT2D eigenvalue weighted by atomic mass is 10.1. The minimum atomic E-state index is -0.215. The summed E-state index contributed by atoms with van der Waals surface area (Å²) >= 11 is 0. The molecule has 4 N–H and O–H groups in total. The molecule has 0 aromatic carbocycles. The van der Waals surface area contributed by atoms with Gasteiger partial charge in [-0.1, -0.05) is 13.3 Å². The van der Waals surface area contributed by atoms with Gasteiger partial charge in [-0.05, 0) is 6.42 Å². The van der Waals surface area contributed by atoms with Crippen molar-refractivity contribution in [3.63, 3.8) is 0 Å². The van der Waals surface area contributed by atoms with E-state index in [9.17, 15) is 4.79 Å². The number of hydrazine groups is 1. The topological polar surface area (TPSA) is 87.8 Å². The van der Waals surface area contributed by atoms with Crippen LogP contribution in [0, 0.1) is 0 Å². The highest BCUT2D eigenvalue weighted by Gasteiger charge is 2.29. The predicted molar refractivity (Wildman–Crippen MR) is 59.4 cm³/mol. The number of morpholine rings is 1. The van der Waals surface area contributed by atoms with Crippen molar-refractivity contribution in [3.05, 3.63) is 0 Å². The number of carbonyl (C=O) groups is 1. The number of amides is 1. The second-order valence-corrected chi connectivity index (χ2v) is 3.98. The third-order valence-electron chi connectivity index (χ3n) is 2.82. The zero-order valence-corrected chi connectivity index (χ0v) is 9.69. The molecule has 1 aliphatic rings. The van der Waals surface area contributed by atoms with Gasteiger partial charge >= 0.3 is 0 Å². The highest BCUT2D eigenvalue weighted by atomic mass is 16.5. The van der Waals surface area contributed by atoms with Gasteiger partial charge in [-0.3, -0.25) is 15.1 Å².